The Morgan fingerprint density at radius 2 is 1.85 bits per heavy atom. The Morgan fingerprint density at radius 3 is 2.65 bits per heavy atom. The summed E-state index contributed by atoms with van der Waals surface area (Å²) in [6.07, 6.45) is 12.8. The maximum absolute atomic E-state index is 5.95. The summed E-state index contributed by atoms with van der Waals surface area (Å²) in [5, 5.41) is 0. The molecule has 0 bridgehead atoms. The summed E-state index contributed by atoms with van der Waals surface area (Å²) in [6, 6.07) is 7.83. The summed E-state index contributed by atoms with van der Waals surface area (Å²) >= 11 is 0. The molecule has 0 aromatic carbocycles. The van der Waals surface area contributed by atoms with Crippen LogP contribution < -0.4 is 4.74 Å². The molecule has 6 nitrogen and oxygen atoms in total. The average molecular weight is 347 g/mol. The average Bonchev–Trinajstić information content (AvgIpc) is 2.70. The van der Waals surface area contributed by atoms with Crippen molar-refractivity contribution >= 4 is 0 Å². The van der Waals surface area contributed by atoms with Crippen LogP contribution in [0.3, 0.4) is 0 Å². The van der Waals surface area contributed by atoms with Crippen LogP contribution in [0, 0.1) is 0 Å². The van der Waals surface area contributed by atoms with E-state index in [1.807, 2.05) is 30.6 Å². The summed E-state index contributed by atoms with van der Waals surface area (Å²) in [6.45, 7) is 2.94. The fourth-order valence-electron chi connectivity index (χ4n) is 3.39. The molecule has 0 radical (unpaired) electrons. The Labute approximate surface area is 152 Å². The zero-order valence-electron chi connectivity index (χ0n) is 14.5. The summed E-state index contributed by atoms with van der Waals surface area (Å²) in [7, 11) is 0. The minimum Gasteiger partial charge on any atom is -0.436 e. The van der Waals surface area contributed by atoms with Gasteiger partial charge < -0.3 is 4.74 Å². The van der Waals surface area contributed by atoms with Crippen LogP contribution in [0.1, 0.15) is 30.0 Å². The van der Waals surface area contributed by atoms with E-state index in [9.17, 15) is 0 Å². The molecule has 0 saturated carbocycles. The Kier molecular flexibility index (Phi) is 5.12. The van der Waals surface area contributed by atoms with Crippen molar-refractivity contribution in [2.75, 3.05) is 13.1 Å². The highest BCUT2D eigenvalue weighted by atomic mass is 16.5. The van der Waals surface area contributed by atoms with E-state index >= 15 is 0 Å². The second kappa shape index (κ2) is 8.01. The Bertz CT molecular complexity index is 828. The van der Waals surface area contributed by atoms with Gasteiger partial charge in [0, 0.05) is 50.0 Å². The lowest BCUT2D eigenvalue weighted by Gasteiger charge is -2.32. The molecule has 6 heteroatoms. The Hall–Kier alpha value is -2.86. The molecule has 4 heterocycles. The predicted octanol–water partition coefficient (Wildman–Crippen LogP) is 3.44. The lowest BCUT2D eigenvalue weighted by molar-refractivity contribution is 0.196. The number of nitrogens with zero attached hydrogens (tertiary/aromatic N) is 5. The van der Waals surface area contributed by atoms with E-state index in [2.05, 4.69) is 30.9 Å². The Balaban J connectivity index is 1.50. The fourth-order valence-corrected chi connectivity index (χ4v) is 3.39. The van der Waals surface area contributed by atoms with Crippen molar-refractivity contribution in [1.29, 1.82) is 0 Å². The van der Waals surface area contributed by atoms with E-state index in [0.717, 1.165) is 38.2 Å². The zero-order valence-corrected chi connectivity index (χ0v) is 14.5. The molecule has 1 fully saturated rings. The van der Waals surface area contributed by atoms with Crippen LogP contribution >= 0.6 is 0 Å². The second-order valence-electron chi connectivity index (χ2n) is 6.47. The molecule has 3 aromatic rings. The van der Waals surface area contributed by atoms with Gasteiger partial charge in [0.15, 0.2) is 0 Å². The third-order valence-electron chi connectivity index (χ3n) is 4.56. The van der Waals surface area contributed by atoms with E-state index in [-0.39, 0.29) is 0 Å². The molecule has 3 aromatic heterocycles. The molecule has 1 aliphatic rings. The summed E-state index contributed by atoms with van der Waals surface area (Å²) in [5.74, 6) is 1.56. The largest absolute Gasteiger partial charge is 0.436 e. The van der Waals surface area contributed by atoms with Gasteiger partial charge in [0.1, 0.15) is 11.4 Å². The molecule has 132 valence electrons. The van der Waals surface area contributed by atoms with Gasteiger partial charge in [-0.15, -0.1) is 0 Å². The van der Waals surface area contributed by atoms with Gasteiger partial charge in [0.05, 0.1) is 6.20 Å². The third-order valence-corrected chi connectivity index (χ3v) is 4.56. The van der Waals surface area contributed by atoms with Gasteiger partial charge in [-0.05, 0) is 43.1 Å². The smallest absolute Gasteiger partial charge is 0.241 e. The number of piperidine rings is 1. The first-order valence-corrected chi connectivity index (χ1v) is 8.88. The molecule has 1 saturated heterocycles. The van der Waals surface area contributed by atoms with Crippen LogP contribution in [0.25, 0.3) is 0 Å². The standard InChI is InChI=1S/C20H21N5O/c1-4-16(12-21-7-1)14-25-11-3-5-17(15-25)19-20(24-10-9-23-19)26-18-6-2-8-22-13-18/h1-2,4,6-10,12-13,17H,3,5,11,14-15H2. The highest BCUT2D eigenvalue weighted by Gasteiger charge is 2.26. The van der Waals surface area contributed by atoms with E-state index in [4.69, 9.17) is 4.74 Å². The van der Waals surface area contributed by atoms with Crippen LogP contribution in [-0.2, 0) is 6.54 Å². The molecule has 1 atom stereocenters. The number of rotatable bonds is 5. The normalized spacial score (nSPS) is 17.8. The van der Waals surface area contributed by atoms with Crippen molar-refractivity contribution < 1.29 is 4.74 Å². The third kappa shape index (κ3) is 4.03. The number of hydrogen-bond acceptors (Lipinski definition) is 6. The highest BCUT2D eigenvalue weighted by Crippen LogP contribution is 2.32. The monoisotopic (exact) mass is 347 g/mol. The van der Waals surface area contributed by atoms with E-state index in [0.29, 0.717) is 17.5 Å². The van der Waals surface area contributed by atoms with Crippen molar-refractivity contribution in [3.05, 3.63) is 72.7 Å². The van der Waals surface area contributed by atoms with Gasteiger partial charge >= 0.3 is 0 Å². The highest BCUT2D eigenvalue weighted by molar-refractivity contribution is 5.29. The summed E-state index contributed by atoms with van der Waals surface area (Å²) < 4.78 is 5.95. The maximum atomic E-state index is 5.95. The summed E-state index contributed by atoms with van der Waals surface area (Å²) in [5.41, 5.74) is 2.16. The zero-order chi connectivity index (χ0) is 17.6. The van der Waals surface area contributed by atoms with Gasteiger partial charge in [-0.3, -0.25) is 19.9 Å². The lowest BCUT2D eigenvalue weighted by Crippen LogP contribution is -2.34. The number of ether oxygens (including phenoxy) is 1. The van der Waals surface area contributed by atoms with Crippen molar-refractivity contribution in [2.45, 2.75) is 25.3 Å². The van der Waals surface area contributed by atoms with Crippen molar-refractivity contribution in [2.24, 2.45) is 0 Å². The van der Waals surface area contributed by atoms with Crippen molar-refractivity contribution in [3.63, 3.8) is 0 Å². The molecule has 0 amide bonds. The SMILES string of the molecule is c1cncc(CN2CCCC(c3nccnc3Oc3cccnc3)C2)c1. The molecule has 4 rings (SSSR count). The van der Waals surface area contributed by atoms with Gasteiger partial charge in [-0.25, -0.2) is 4.98 Å². The van der Waals surface area contributed by atoms with Crippen LogP contribution in [0.15, 0.2) is 61.4 Å². The van der Waals surface area contributed by atoms with E-state index in [1.165, 1.54) is 5.56 Å². The van der Waals surface area contributed by atoms with E-state index < -0.39 is 0 Å². The van der Waals surface area contributed by atoms with Crippen LogP contribution in [0.4, 0.5) is 0 Å². The first-order chi connectivity index (χ1) is 12.9. The maximum Gasteiger partial charge on any atom is 0.241 e. The van der Waals surface area contributed by atoms with Crippen molar-refractivity contribution in [1.82, 2.24) is 24.8 Å². The molecule has 1 aliphatic heterocycles. The van der Waals surface area contributed by atoms with Gasteiger partial charge in [-0.1, -0.05) is 6.07 Å². The second-order valence-corrected chi connectivity index (χ2v) is 6.47. The number of hydrogen-bond donors (Lipinski definition) is 0. The predicted molar refractivity (Wildman–Crippen MR) is 97.8 cm³/mol. The van der Waals surface area contributed by atoms with Gasteiger partial charge in [0.2, 0.25) is 5.88 Å². The molecule has 26 heavy (non-hydrogen) atoms. The molecule has 0 spiro atoms. The fraction of sp³-hybridized carbons (Fsp3) is 0.300. The molecular formula is C20H21N5O. The quantitative estimate of drug-likeness (QED) is 0.704. The Morgan fingerprint density at radius 1 is 1.00 bits per heavy atom. The summed E-state index contributed by atoms with van der Waals surface area (Å²) in [4.78, 5) is 19.8. The van der Waals surface area contributed by atoms with Crippen molar-refractivity contribution in [3.8, 4) is 11.6 Å². The van der Waals surface area contributed by atoms with Gasteiger partial charge in [0.25, 0.3) is 0 Å². The van der Waals surface area contributed by atoms with E-state index in [1.54, 1.807) is 24.8 Å². The van der Waals surface area contributed by atoms with Crippen LogP contribution in [-0.4, -0.2) is 37.9 Å². The first kappa shape index (κ1) is 16.6. The van der Waals surface area contributed by atoms with Gasteiger partial charge in [-0.2, -0.15) is 0 Å². The molecule has 0 aliphatic carbocycles. The molecular weight excluding hydrogens is 326 g/mol. The topological polar surface area (TPSA) is 64.0 Å². The van der Waals surface area contributed by atoms with Crippen LogP contribution in [0.5, 0.6) is 11.6 Å². The molecule has 0 N–H and O–H groups in total. The number of aromatic nitrogens is 4. The number of pyridine rings is 2. The lowest BCUT2D eigenvalue weighted by atomic mass is 9.94. The van der Waals surface area contributed by atoms with Crippen LogP contribution in [0.2, 0.25) is 0 Å². The minimum absolute atomic E-state index is 0.306. The minimum atomic E-state index is 0.306. The number of likely N-dealkylation sites (tertiary alicyclic amines) is 1. The molecule has 1 unspecified atom stereocenters. The first-order valence-electron chi connectivity index (χ1n) is 8.88.